The number of ether oxygens (including phenoxy) is 2. The van der Waals surface area contributed by atoms with Gasteiger partial charge in [0.1, 0.15) is 11.6 Å². The van der Waals surface area contributed by atoms with Crippen LogP contribution in [0.4, 0.5) is 11.4 Å². The number of fused-ring (bicyclic) bond motifs is 12. The summed E-state index contributed by atoms with van der Waals surface area (Å²) in [5.41, 5.74) is 2.94. The number of anilines is 2. The van der Waals surface area contributed by atoms with Crippen LogP contribution in [0.15, 0.2) is 164 Å². The number of aromatic nitrogens is 3. The molecule has 0 aliphatic carbocycles. The minimum absolute atomic E-state index is 0. The van der Waals surface area contributed by atoms with Crippen molar-refractivity contribution in [2.45, 2.75) is 78.3 Å². The molecule has 11 aromatic rings. The van der Waals surface area contributed by atoms with Gasteiger partial charge in [-0.3, -0.25) is 0 Å². The molecule has 7 heteroatoms. The second-order valence-electron chi connectivity index (χ2n) is 21.1. The largest absolute Gasteiger partial charge is 0.514 e. The van der Waals surface area contributed by atoms with Gasteiger partial charge in [0.15, 0.2) is 0 Å². The summed E-state index contributed by atoms with van der Waals surface area (Å²) in [5, 5.41) is 7.56. The third-order valence-electron chi connectivity index (χ3n) is 14.3. The van der Waals surface area contributed by atoms with E-state index in [2.05, 4.69) is 108 Å². The zero-order valence-corrected chi connectivity index (χ0v) is 43.4. The van der Waals surface area contributed by atoms with Crippen molar-refractivity contribution >= 4 is 76.5 Å². The van der Waals surface area contributed by atoms with Gasteiger partial charge in [-0.25, -0.2) is 4.98 Å². The van der Waals surface area contributed by atoms with Crippen molar-refractivity contribution in [1.82, 2.24) is 14.1 Å². The summed E-state index contributed by atoms with van der Waals surface area (Å²) < 4.78 is 97.1. The minimum Gasteiger partial charge on any atom is -0.514 e. The van der Waals surface area contributed by atoms with Gasteiger partial charge in [0.05, 0.1) is 0 Å². The van der Waals surface area contributed by atoms with Gasteiger partial charge in [-0.2, -0.15) is 6.07 Å². The first-order valence-electron chi connectivity index (χ1n) is 28.8. The first-order valence-corrected chi connectivity index (χ1v) is 24.3. The number of rotatable bonds is 4. The molecule has 0 unspecified atom stereocenters. The van der Waals surface area contributed by atoms with E-state index in [1.165, 1.54) is 12.1 Å². The number of para-hydroxylation sites is 2. The summed E-state index contributed by atoms with van der Waals surface area (Å²) in [6.45, 7) is 3.91. The number of hydrogen-bond acceptors (Lipinski definition) is 4. The topological polar surface area (TPSA) is 44.5 Å². The predicted octanol–water partition coefficient (Wildman–Crippen LogP) is 17.9. The predicted molar refractivity (Wildman–Crippen MR) is 298 cm³/mol. The van der Waals surface area contributed by atoms with Gasteiger partial charge in [-0.1, -0.05) is 177 Å². The average Bonchev–Trinajstić information content (AvgIpc) is 2.75. The molecule has 364 valence electrons. The molecule has 2 aliphatic heterocycles. The third-order valence-corrected chi connectivity index (χ3v) is 14.3. The van der Waals surface area contributed by atoms with Crippen LogP contribution in [0.25, 0.3) is 82.1 Å². The summed E-state index contributed by atoms with van der Waals surface area (Å²) >= 11 is 0. The first kappa shape index (κ1) is 37.2. The molecule has 0 atom stereocenters. The molecular formula is C66H55N4O2Pt-3. The summed E-state index contributed by atoms with van der Waals surface area (Å²) in [6, 6.07) is 58.5. The quantitative estimate of drug-likeness (QED) is 0.165. The van der Waals surface area contributed by atoms with Crippen molar-refractivity contribution in [3.8, 4) is 39.9 Å². The Morgan fingerprint density at radius 3 is 1.84 bits per heavy atom. The third kappa shape index (κ3) is 7.56. The van der Waals surface area contributed by atoms with Crippen LogP contribution < -0.4 is 14.4 Å². The monoisotopic (exact) mass is 1140 g/mol. The fourth-order valence-electron chi connectivity index (χ4n) is 10.7. The molecule has 0 fully saturated rings. The smallest absolute Gasteiger partial charge is 0.135 e. The maximum atomic E-state index is 8.80. The fraction of sp³-hybridized carbons (Fsp3) is 0.182. The fourth-order valence-corrected chi connectivity index (χ4v) is 10.7. The second-order valence-corrected chi connectivity index (χ2v) is 21.1. The van der Waals surface area contributed by atoms with E-state index in [-0.39, 0.29) is 32.0 Å². The Morgan fingerprint density at radius 1 is 0.548 bits per heavy atom. The summed E-state index contributed by atoms with van der Waals surface area (Å²) in [5.74, 6) is 2.76. The van der Waals surface area contributed by atoms with Crippen LogP contribution in [0.5, 0.6) is 23.0 Å². The van der Waals surface area contributed by atoms with E-state index >= 15 is 0 Å². The van der Waals surface area contributed by atoms with Gasteiger partial charge in [0, 0.05) is 68.1 Å². The molecule has 0 spiro atoms. The van der Waals surface area contributed by atoms with Crippen molar-refractivity contribution in [3.05, 3.63) is 199 Å². The van der Waals surface area contributed by atoms with E-state index in [0.29, 0.717) is 50.9 Å². The number of benzene rings is 8. The van der Waals surface area contributed by atoms with Gasteiger partial charge in [-0.05, 0) is 129 Å². The first-order chi connectivity index (χ1) is 38.3. The molecule has 5 heterocycles. The van der Waals surface area contributed by atoms with Crippen molar-refractivity contribution in [2.75, 3.05) is 4.90 Å². The van der Waals surface area contributed by atoms with Gasteiger partial charge < -0.3 is 23.5 Å². The normalized spacial score (nSPS) is 15.4. The van der Waals surface area contributed by atoms with Crippen LogP contribution in [-0.2, 0) is 37.3 Å². The molecule has 0 bridgehead atoms. The van der Waals surface area contributed by atoms with Gasteiger partial charge in [-0.15, -0.1) is 35.7 Å². The molecule has 0 radical (unpaired) electrons. The zero-order chi connectivity index (χ0) is 56.9. The standard InChI is InChI=1S/C66H55N4O2.Pt/c1-64(2,3)41-31-32-67-60(36-41)70-55-24-15-14-21-51(55)52-27-25-44(37-56(52)70)71-45-26-29-58-57(38-45)68-39-69-61-46(40-33-42(65(4,5)6)35-43(34-40)66(7,8)9)22-16-23-53(61)49-19-12-10-17-47(49)48-18-11-13-20-50(48)54-28-30-59(72-58)63(68)62(54)69;/h10-36,39H,1-9H3;/q-3;/i4D3,5D3,6D3;. The van der Waals surface area contributed by atoms with E-state index < -0.39 is 31.4 Å². The second kappa shape index (κ2) is 16.8. The molecule has 3 aromatic heterocycles. The van der Waals surface area contributed by atoms with E-state index in [0.717, 1.165) is 76.7 Å². The van der Waals surface area contributed by atoms with Gasteiger partial charge in [0.2, 0.25) is 0 Å². The van der Waals surface area contributed by atoms with Crippen LogP contribution >= 0.6 is 0 Å². The van der Waals surface area contributed by atoms with E-state index in [9.17, 15) is 0 Å². The molecule has 13 rings (SSSR count). The molecule has 0 amide bonds. The van der Waals surface area contributed by atoms with Crippen molar-refractivity contribution in [1.29, 1.82) is 0 Å². The molecule has 73 heavy (non-hydrogen) atoms. The molecule has 8 aromatic carbocycles. The van der Waals surface area contributed by atoms with Crippen molar-refractivity contribution < 1.29 is 42.9 Å². The van der Waals surface area contributed by atoms with Crippen LogP contribution in [0.1, 0.15) is 91.1 Å². The van der Waals surface area contributed by atoms with Gasteiger partial charge >= 0.3 is 0 Å². The SMILES string of the molecule is [2H]C([2H])([2H])C(c1cc(-c2cccc3c4ccccc4c4ccccc4c4ccc5c6c4n(c23)[CH-]N6c2[c-]c(Oc3[c-]c4c(cc3)c3ccccc3n4-c3cc(C(C)(C)C)ccn3)ccc2O5)cc(C(C)(C)C)c1)(C([2H])([2H])[2H])C([2H])([2H])[2H].[Pt]. The van der Waals surface area contributed by atoms with Crippen LogP contribution in [0, 0.1) is 18.8 Å². The van der Waals surface area contributed by atoms with E-state index in [1.54, 1.807) is 0 Å². The van der Waals surface area contributed by atoms with Crippen molar-refractivity contribution in [2.24, 2.45) is 0 Å². The number of hydrogen-bond donors (Lipinski definition) is 0. The van der Waals surface area contributed by atoms with Crippen LogP contribution in [-0.4, -0.2) is 14.1 Å². The number of nitrogens with zero attached hydrogens (tertiary/aromatic N) is 4. The molecule has 6 nitrogen and oxygen atoms in total. The molecule has 0 N–H and O–H groups in total. The molecule has 0 saturated heterocycles. The summed E-state index contributed by atoms with van der Waals surface area (Å²) in [6.07, 6.45) is 1.85. The Balaban J connectivity index is 0.00000665. The van der Waals surface area contributed by atoms with E-state index in [4.69, 9.17) is 26.8 Å². The maximum Gasteiger partial charge on any atom is 0.135 e. The van der Waals surface area contributed by atoms with Crippen LogP contribution in [0.2, 0.25) is 0 Å². The van der Waals surface area contributed by atoms with E-state index in [1.807, 2.05) is 119 Å². The van der Waals surface area contributed by atoms with Crippen LogP contribution in [0.3, 0.4) is 0 Å². The maximum absolute atomic E-state index is 8.80. The zero-order valence-electron chi connectivity index (χ0n) is 50.1. The summed E-state index contributed by atoms with van der Waals surface area (Å²) in [4.78, 5) is 6.91. The number of pyridine rings is 1. The Kier molecular flexibility index (Phi) is 8.55. The van der Waals surface area contributed by atoms with Gasteiger partial charge in [0.25, 0.3) is 0 Å². The van der Waals surface area contributed by atoms with Crippen molar-refractivity contribution in [3.63, 3.8) is 0 Å². The molecular weight excluding hydrogens is 1080 g/mol. The average molecular weight is 1140 g/mol. The Labute approximate surface area is 454 Å². The summed E-state index contributed by atoms with van der Waals surface area (Å²) in [7, 11) is 0. The minimum atomic E-state index is -3.48. The Hall–Kier alpha value is -7.53. The Bertz CT molecular complexity index is 4490. The Morgan fingerprint density at radius 2 is 1.14 bits per heavy atom. The molecule has 0 saturated carbocycles. The molecule has 2 aliphatic rings.